The van der Waals surface area contributed by atoms with Crippen LogP contribution in [0, 0.1) is 5.41 Å². The molecule has 2 amide bonds. The Morgan fingerprint density at radius 1 is 0.860 bits per heavy atom. The van der Waals surface area contributed by atoms with Crippen molar-refractivity contribution in [3.63, 3.8) is 0 Å². The lowest BCUT2D eigenvalue weighted by atomic mass is 9.52. The van der Waals surface area contributed by atoms with Crippen molar-refractivity contribution in [2.75, 3.05) is 11.9 Å². The first-order valence-corrected chi connectivity index (χ1v) is 15.7. The van der Waals surface area contributed by atoms with E-state index < -0.39 is 5.41 Å². The SMILES string of the molecule is CC(CNC(=O)c1ccc(-c2csc(NC(=O)C3(C)CC4c5ccccc5C3c3ccccc34)n2)cc1)c1ccccc1. The molecular formula is C37H33N3O2S. The van der Waals surface area contributed by atoms with Crippen molar-refractivity contribution in [1.29, 1.82) is 0 Å². The van der Waals surface area contributed by atoms with Gasteiger partial charge in [0.15, 0.2) is 5.13 Å². The lowest BCUT2D eigenvalue weighted by Gasteiger charge is -2.50. The van der Waals surface area contributed by atoms with Gasteiger partial charge < -0.3 is 10.6 Å². The van der Waals surface area contributed by atoms with E-state index >= 15 is 0 Å². The first-order chi connectivity index (χ1) is 20.9. The lowest BCUT2D eigenvalue weighted by Crippen LogP contribution is -2.47. The number of carbonyl (C=O) groups excluding carboxylic acids is 2. The largest absolute Gasteiger partial charge is 0.351 e. The van der Waals surface area contributed by atoms with Crippen LogP contribution in [-0.4, -0.2) is 23.3 Å². The van der Waals surface area contributed by atoms with Crippen LogP contribution in [0.3, 0.4) is 0 Å². The van der Waals surface area contributed by atoms with Gasteiger partial charge in [-0.15, -0.1) is 11.3 Å². The minimum Gasteiger partial charge on any atom is -0.351 e. The van der Waals surface area contributed by atoms with E-state index in [-0.39, 0.29) is 29.6 Å². The third-order valence-electron chi connectivity index (χ3n) is 9.25. The number of nitrogens with one attached hydrogen (secondary N) is 2. The van der Waals surface area contributed by atoms with Crippen LogP contribution >= 0.6 is 11.3 Å². The molecule has 4 aromatic carbocycles. The second-order valence-electron chi connectivity index (χ2n) is 12.0. The maximum atomic E-state index is 14.0. The van der Waals surface area contributed by atoms with Gasteiger partial charge in [-0.05, 0) is 59.2 Å². The van der Waals surface area contributed by atoms with Gasteiger partial charge in [-0.1, -0.05) is 97.9 Å². The van der Waals surface area contributed by atoms with Crippen LogP contribution < -0.4 is 10.6 Å². The van der Waals surface area contributed by atoms with Crippen LogP contribution in [0.2, 0.25) is 0 Å². The van der Waals surface area contributed by atoms with Crippen LogP contribution in [-0.2, 0) is 4.79 Å². The Morgan fingerprint density at radius 2 is 1.47 bits per heavy atom. The van der Waals surface area contributed by atoms with Gasteiger partial charge >= 0.3 is 0 Å². The van der Waals surface area contributed by atoms with Crippen LogP contribution in [0.25, 0.3) is 11.3 Å². The number of amides is 2. The molecule has 5 aromatic rings. The highest BCUT2D eigenvalue weighted by Gasteiger charge is 2.54. The summed E-state index contributed by atoms with van der Waals surface area (Å²) in [6.07, 6.45) is 0.767. The van der Waals surface area contributed by atoms with Crippen LogP contribution in [0.15, 0.2) is 109 Å². The molecule has 5 nitrogen and oxygen atoms in total. The molecule has 2 atom stereocenters. The average Bonchev–Trinajstić information content (AvgIpc) is 3.52. The van der Waals surface area contributed by atoms with E-state index in [0.717, 1.165) is 17.7 Å². The summed E-state index contributed by atoms with van der Waals surface area (Å²) in [5, 5.41) is 8.74. The zero-order valence-corrected chi connectivity index (χ0v) is 25.0. The van der Waals surface area contributed by atoms with Gasteiger partial charge in [0.25, 0.3) is 5.91 Å². The fraction of sp³-hybridized carbons (Fsp3) is 0.216. The minimum atomic E-state index is -0.591. The molecule has 2 unspecified atom stereocenters. The summed E-state index contributed by atoms with van der Waals surface area (Å²) in [6.45, 7) is 4.77. The van der Waals surface area contributed by atoms with E-state index in [1.807, 2.05) is 47.8 Å². The van der Waals surface area contributed by atoms with Gasteiger partial charge in [0.2, 0.25) is 5.91 Å². The van der Waals surface area contributed by atoms with Crippen LogP contribution in [0.4, 0.5) is 5.13 Å². The van der Waals surface area contributed by atoms with Crippen molar-refractivity contribution in [2.45, 2.75) is 38.0 Å². The molecule has 0 aliphatic heterocycles. The number of hydrogen-bond donors (Lipinski definition) is 2. The average molecular weight is 584 g/mol. The molecule has 8 rings (SSSR count). The molecule has 1 aromatic heterocycles. The summed E-state index contributed by atoms with van der Waals surface area (Å²) in [4.78, 5) is 31.5. The maximum absolute atomic E-state index is 14.0. The van der Waals surface area contributed by atoms with Gasteiger partial charge in [-0.25, -0.2) is 4.98 Å². The van der Waals surface area contributed by atoms with Crippen molar-refractivity contribution in [3.8, 4) is 11.3 Å². The molecule has 2 N–H and O–H groups in total. The van der Waals surface area contributed by atoms with Gasteiger partial charge in [-0.2, -0.15) is 0 Å². The topological polar surface area (TPSA) is 71.1 Å². The van der Waals surface area contributed by atoms with Gasteiger partial charge in [0.05, 0.1) is 11.1 Å². The summed E-state index contributed by atoms with van der Waals surface area (Å²) < 4.78 is 0. The van der Waals surface area contributed by atoms with E-state index in [4.69, 9.17) is 4.98 Å². The normalized spacial score (nSPS) is 20.5. The highest BCUT2D eigenvalue weighted by atomic mass is 32.1. The molecule has 1 heterocycles. The Hall–Kier alpha value is -4.55. The summed E-state index contributed by atoms with van der Waals surface area (Å²) in [5.41, 5.74) is 8.09. The number of benzene rings is 4. The van der Waals surface area contributed by atoms with E-state index in [1.165, 1.54) is 39.2 Å². The van der Waals surface area contributed by atoms with Crippen LogP contribution in [0.5, 0.6) is 0 Å². The Labute approximate surface area is 256 Å². The molecule has 0 spiro atoms. The molecule has 6 heteroatoms. The third-order valence-corrected chi connectivity index (χ3v) is 10.0. The van der Waals surface area contributed by atoms with Crippen molar-refractivity contribution >= 4 is 28.3 Å². The number of thiazole rings is 1. The zero-order valence-electron chi connectivity index (χ0n) is 24.2. The van der Waals surface area contributed by atoms with Crippen LogP contribution in [0.1, 0.15) is 76.2 Å². The first kappa shape index (κ1) is 27.3. The highest BCUT2D eigenvalue weighted by molar-refractivity contribution is 7.14. The number of aromatic nitrogens is 1. The van der Waals surface area contributed by atoms with E-state index in [1.54, 1.807) is 0 Å². The quantitative estimate of drug-likeness (QED) is 0.204. The fourth-order valence-corrected chi connectivity index (χ4v) is 7.65. The number of nitrogens with zero attached hydrogens (tertiary/aromatic N) is 1. The Bertz CT molecular complexity index is 1770. The predicted molar refractivity (Wildman–Crippen MR) is 173 cm³/mol. The molecule has 2 bridgehead atoms. The van der Waals surface area contributed by atoms with E-state index in [2.05, 4.69) is 85.1 Å². The molecule has 3 aliphatic rings. The number of rotatable bonds is 7. The first-order valence-electron chi connectivity index (χ1n) is 14.8. The van der Waals surface area contributed by atoms with Crippen molar-refractivity contribution < 1.29 is 9.59 Å². The monoisotopic (exact) mass is 583 g/mol. The molecule has 0 fully saturated rings. The molecule has 0 radical (unpaired) electrons. The number of fused-ring (bicyclic) bond motifs is 1. The fourth-order valence-electron chi connectivity index (χ4n) is 6.93. The predicted octanol–water partition coefficient (Wildman–Crippen LogP) is 7.97. The molecular weight excluding hydrogens is 550 g/mol. The number of anilines is 1. The number of carbonyl (C=O) groups is 2. The Balaban J connectivity index is 1.04. The van der Waals surface area contributed by atoms with Crippen molar-refractivity contribution in [2.24, 2.45) is 5.41 Å². The Kier molecular flexibility index (Phi) is 6.94. The summed E-state index contributed by atoms with van der Waals surface area (Å²) in [7, 11) is 0. The van der Waals surface area contributed by atoms with Gasteiger partial charge in [-0.3, -0.25) is 9.59 Å². The zero-order chi connectivity index (χ0) is 29.6. The third kappa shape index (κ3) is 4.86. The molecule has 3 aliphatic carbocycles. The van der Waals surface area contributed by atoms with E-state index in [9.17, 15) is 9.59 Å². The van der Waals surface area contributed by atoms with Crippen molar-refractivity contribution in [3.05, 3.63) is 142 Å². The highest BCUT2D eigenvalue weighted by Crippen LogP contribution is 2.61. The number of hydrogen-bond acceptors (Lipinski definition) is 4. The van der Waals surface area contributed by atoms with Gasteiger partial charge in [0, 0.05) is 34.9 Å². The summed E-state index contributed by atoms with van der Waals surface area (Å²) in [5.74, 6) is 0.336. The molecule has 43 heavy (non-hydrogen) atoms. The standard InChI is InChI=1S/C37H33N3O2S/c1-23(24-10-4-3-5-11-24)21-38-34(41)26-18-16-25(17-19-26)32-22-43-36(39-32)40-35(42)37(2)20-31-27-12-6-8-14-29(27)33(37)30-15-9-7-13-28(30)31/h3-19,22-23,31,33H,20-21H2,1-2H3,(H,38,41)(H,39,40,42). The second kappa shape index (κ2) is 10.9. The maximum Gasteiger partial charge on any atom is 0.251 e. The second-order valence-corrected chi connectivity index (χ2v) is 12.8. The smallest absolute Gasteiger partial charge is 0.251 e. The molecule has 0 saturated heterocycles. The lowest BCUT2D eigenvalue weighted by molar-refractivity contribution is -0.126. The minimum absolute atomic E-state index is 0.00120. The van der Waals surface area contributed by atoms with Gasteiger partial charge in [0.1, 0.15) is 0 Å². The summed E-state index contributed by atoms with van der Waals surface area (Å²) in [6, 6.07) is 34.8. The summed E-state index contributed by atoms with van der Waals surface area (Å²) >= 11 is 1.42. The molecule has 214 valence electrons. The Morgan fingerprint density at radius 3 is 2.12 bits per heavy atom. The van der Waals surface area contributed by atoms with E-state index in [0.29, 0.717) is 17.2 Å². The molecule has 0 saturated carbocycles. The van der Waals surface area contributed by atoms with Crippen molar-refractivity contribution in [1.82, 2.24) is 10.3 Å².